The number of esters is 2. The molecule has 2 aromatic rings. The third kappa shape index (κ3) is 2.71. The van der Waals surface area contributed by atoms with Crippen LogP contribution in [0, 0.1) is 0 Å². The van der Waals surface area contributed by atoms with Crippen molar-refractivity contribution in [3.8, 4) is 0 Å². The number of aromatic amines is 1. The number of ether oxygens (including phenoxy) is 2. The number of aryl methyl sites for hydroxylation is 1. The van der Waals surface area contributed by atoms with Gasteiger partial charge in [-0.25, -0.2) is 4.79 Å². The molecule has 0 unspecified atom stereocenters. The van der Waals surface area contributed by atoms with Crippen molar-refractivity contribution in [1.82, 2.24) is 4.98 Å². The van der Waals surface area contributed by atoms with E-state index >= 15 is 0 Å². The van der Waals surface area contributed by atoms with E-state index in [1.165, 1.54) is 0 Å². The molecule has 1 atom stereocenters. The van der Waals surface area contributed by atoms with Gasteiger partial charge in [0.2, 0.25) is 0 Å². The molecular weight excluding hydrogens is 294 g/mol. The number of aromatic nitrogens is 1. The van der Waals surface area contributed by atoms with E-state index in [-0.39, 0.29) is 17.9 Å². The monoisotopic (exact) mass is 315 g/mol. The van der Waals surface area contributed by atoms with E-state index in [0.717, 1.165) is 41.4 Å². The average molecular weight is 315 g/mol. The van der Waals surface area contributed by atoms with E-state index in [1.807, 2.05) is 19.1 Å². The molecule has 1 aromatic heterocycles. The van der Waals surface area contributed by atoms with Crippen LogP contribution in [-0.2, 0) is 20.7 Å². The van der Waals surface area contributed by atoms with Crippen molar-refractivity contribution in [3.05, 3.63) is 35.0 Å². The summed E-state index contributed by atoms with van der Waals surface area (Å²) in [7, 11) is 0. The molecule has 122 valence electrons. The highest BCUT2D eigenvalue weighted by molar-refractivity contribution is 6.04. The van der Waals surface area contributed by atoms with E-state index in [9.17, 15) is 9.59 Å². The van der Waals surface area contributed by atoms with Gasteiger partial charge in [-0.05, 0) is 44.7 Å². The molecule has 0 radical (unpaired) electrons. The lowest BCUT2D eigenvalue weighted by Crippen LogP contribution is -2.20. The van der Waals surface area contributed by atoms with Crippen molar-refractivity contribution < 1.29 is 19.1 Å². The lowest BCUT2D eigenvalue weighted by atomic mass is 9.86. The number of H-pyrrole nitrogens is 1. The maximum absolute atomic E-state index is 12.2. The first-order valence-corrected chi connectivity index (χ1v) is 8.14. The molecule has 0 amide bonds. The minimum atomic E-state index is -0.343. The Labute approximate surface area is 135 Å². The highest BCUT2D eigenvalue weighted by atomic mass is 16.5. The van der Waals surface area contributed by atoms with Crippen LogP contribution in [0.5, 0.6) is 0 Å². The molecule has 1 aliphatic carbocycles. The van der Waals surface area contributed by atoms with Crippen LogP contribution >= 0.6 is 0 Å². The van der Waals surface area contributed by atoms with Crippen LogP contribution in [0.4, 0.5) is 0 Å². The Hall–Kier alpha value is -2.30. The molecule has 3 rings (SSSR count). The Kier molecular flexibility index (Phi) is 4.37. The summed E-state index contributed by atoms with van der Waals surface area (Å²) in [6.07, 6.45) is 2.61. The molecule has 5 nitrogen and oxygen atoms in total. The van der Waals surface area contributed by atoms with Crippen molar-refractivity contribution in [2.24, 2.45) is 0 Å². The molecule has 0 bridgehead atoms. The van der Waals surface area contributed by atoms with Gasteiger partial charge in [-0.15, -0.1) is 0 Å². The largest absolute Gasteiger partial charge is 0.465 e. The van der Waals surface area contributed by atoms with Gasteiger partial charge in [0, 0.05) is 11.1 Å². The van der Waals surface area contributed by atoms with Gasteiger partial charge in [0.15, 0.2) is 0 Å². The summed E-state index contributed by atoms with van der Waals surface area (Å²) >= 11 is 0. The minimum Gasteiger partial charge on any atom is -0.465 e. The number of hydrogen-bond acceptors (Lipinski definition) is 4. The molecule has 5 heteroatoms. The number of rotatable bonds is 4. The molecule has 0 fully saturated rings. The third-order valence-electron chi connectivity index (χ3n) is 4.31. The molecule has 0 aliphatic heterocycles. The number of carbonyl (C=O) groups is 2. The highest BCUT2D eigenvalue weighted by Gasteiger charge is 2.31. The second kappa shape index (κ2) is 6.44. The zero-order valence-corrected chi connectivity index (χ0v) is 13.5. The third-order valence-corrected chi connectivity index (χ3v) is 4.31. The second-order valence-corrected chi connectivity index (χ2v) is 5.66. The smallest absolute Gasteiger partial charge is 0.340 e. The van der Waals surface area contributed by atoms with Crippen molar-refractivity contribution >= 4 is 22.8 Å². The van der Waals surface area contributed by atoms with E-state index in [2.05, 4.69) is 4.98 Å². The Morgan fingerprint density at radius 1 is 1.22 bits per heavy atom. The van der Waals surface area contributed by atoms with Crippen LogP contribution in [0.1, 0.15) is 54.2 Å². The zero-order chi connectivity index (χ0) is 16.4. The molecule has 0 spiro atoms. The molecule has 23 heavy (non-hydrogen) atoms. The van der Waals surface area contributed by atoms with Gasteiger partial charge in [0.1, 0.15) is 0 Å². The number of nitrogens with one attached hydrogen (secondary N) is 1. The lowest BCUT2D eigenvalue weighted by Gasteiger charge is -2.20. The summed E-state index contributed by atoms with van der Waals surface area (Å²) in [5.41, 5.74) is 3.28. The first-order valence-electron chi connectivity index (χ1n) is 8.14. The summed E-state index contributed by atoms with van der Waals surface area (Å²) in [6.45, 7) is 4.31. The molecule has 1 heterocycles. The van der Waals surface area contributed by atoms with Gasteiger partial charge in [-0.3, -0.25) is 4.79 Å². The van der Waals surface area contributed by atoms with E-state index in [1.54, 1.807) is 13.0 Å². The summed E-state index contributed by atoms with van der Waals surface area (Å²) in [5.74, 6) is -0.816. The Balaban J connectivity index is 2.10. The van der Waals surface area contributed by atoms with Crippen LogP contribution in [0.15, 0.2) is 18.2 Å². The van der Waals surface area contributed by atoms with Gasteiger partial charge < -0.3 is 14.5 Å². The first kappa shape index (κ1) is 15.6. The molecule has 1 aliphatic rings. The SMILES string of the molecule is CCOC(=O)c1cccc2c3c([nH]c12)[C@H](C(=O)OCC)CCC3. The summed E-state index contributed by atoms with van der Waals surface area (Å²) in [4.78, 5) is 27.7. The number of carbonyl (C=O) groups excluding carboxylic acids is 2. The molecular formula is C18H21NO4. The normalized spacial score (nSPS) is 16.9. The van der Waals surface area contributed by atoms with Crippen LogP contribution < -0.4 is 0 Å². The quantitative estimate of drug-likeness (QED) is 0.879. The lowest BCUT2D eigenvalue weighted by molar-refractivity contribution is -0.145. The predicted octanol–water partition coefficient (Wildman–Crippen LogP) is 3.33. The number of hydrogen-bond donors (Lipinski definition) is 1. The molecule has 0 saturated heterocycles. The highest BCUT2D eigenvalue weighted by Crippen LogP contribution is 2.37. The Morgan fingerprint density at radius 2 is 2.00 bits per heavy atom. The van der Waals surface area contributed by atoms with Crippen molar-refractivity contribution in [2.45, 2.75) is 39.0 Å². The minimum absolute atomic E-state index is 0.197. The summed E-state index contributed by atoms with van der Waals surface area (Å²) in [5, 5.41) is 1.000. The summed E-state index contributed by atoms with van der Waals surface area (Å²) < 4.78 is 10.3. The average Bonchev–Trinajstić information content (AvgIpc) is 2.93. The summed E-state index contributed by atoms with van der Waals surface area (Å²) in [6, 6.07) is 5.60. The fourth-order valence-electron chi connectivity index (χ4n) is 3.35. The molecule has 1 N–H and O–H groups in total. The maximum atomic E-state index is 12.2. The zero-order valence-electron chi connectivity index (χ0n) is 13.5. The molecule has 1 aromatic carbocycles. The van der Waals surface area contributed by atoms with Gasteiger partial charge in [0.05, 0.1) is 30.2 Å². The predicted molar refractivity (Wildman–Crippen MR) is 86.6 cm³/mol. The fraction of sp³-hybridized carbons (Fsp3) is 0.444. The molecule has 0 saturated carbocycles. The standard InChI is InChI=1S/C18H21NO4/c1-3-22-17(20)13-9-5-7-11-12-8-6-10-14(18(21)23-4-2)16(12)19-15(11)13/h5,7,9,14,19H,3-4,6,8,10H2,1-2H3/t14-/m1/s1. The Morgan fingerprint density at radius 3 is 2.74 bits per heavy atom. The maximum Gasteiger partial charge on any atom is 0.340 e. The topological polar surface area (TPSA) is 68.4 Å². The number of para-hydroxylation sites is 1. The van der Waals surface area contributed by atoms with Gasteiger partial charge in [0.25, 0.3) is 0 Å². The second-order valence-electron chi connectivity index (χ2n) is 5.66. The van der Waals surface area contributed by atoms with Crippen LogP contribution in [0.3, 0.4) is 0 Å². The van der Waals surface area contributed by atoms with E-state index in [0.29, 0.717) is 18.8 Å². The van der Waals surface area contributed by atoms with E-state index in [4.69, 9.17) is 9.47 Å². The first-order chi connectivity index (χ1) is 11.2. The van der Waals surface area contributed by atoms with Crippen LogP contribution in [-0.4, -0.2) is 30.1 Å². The van der Waals surface area contributed by atoms with Crippen LogP contribution in [0.2, 0.25) is 0 Å². The van der Waals surface area contributed by atoms with E-state index < -0.39 is 0 Å². The Bertz CT molecular complexity index is 747. The number of benzene rings is 1. The van der Waals surface area contributed by atoms with Gasteiger partial charge >= 0.3 is 11.9 Å². The van der Waals surface area contributed by atoms with Crippen molar-refractivity contribution in [1.29, 1.82) is 0 Å². The fourth-order valence-corrected chi connectivity index (χ4v) is 3.35. The van der Waals surface area contributed by atoms with Gasteiger partial charge in [-0.1, -0.05) is 12.1 Å². The van der Waals surface area contributed by atoms with Gasteiger partial charge in [-0.2, -0.15) is 0 Å². The number of fused-ring (bicyclic) bond motifs is 3. The van der Waals surface area contributed by atoms with Crippen molar-refractivity contribution in [2.75, 3.05) is 13.2 Å². The van der Waals surface area contributed by atoms with Crippen molar-refractivity contribution in [3.63, 3.8) is 0 Å². The van der Waals surface area contributed by atoms with Crippen LogP contribution in [0.25, 0.3) is 10.9 Å².